The number of rotatable bonds is 4. The highest BCUT2D eigenvalue weighted by Crippen LogP contribution is 2.50. The zero-order valence-corrected chi connectivity index (χ0v) is 10.4. The smallest absolute Gasteiger partial charge is 0.0869 e. The summed E-state index contributed by atoms with van der Waals surface area (Å²) in [5, 5.41) is 14.6. The van der Waals surface area contributed by atoms with E-state index in [1.165, 1.54) is 24.0 Å². The van der Waals surface area contributed by atoms with Gasteiger partial charge in [0.25, 0.3) is 0 Å². The molecule has 17 heavy (non-hydrogen) atoms. The lowest BCUT2D eigenvalue weighted by atomic mass is 9.81. The Morgan fingerprint density at radius 3 is 2.82 bits per heavy atom. The highest BCUT2D eigenvalue weighted by Gasteiger charge is 2.50. The number of hydrogen-bond donors (Lipinski definition) is 2. The monoisotopic (exact) mass is 231 g/mol. The average molecular weight is 231 g/mol. The Bertz CT molecular complexity index is 413. The van der Waals surface area contributed by atoms with Crippen LogP contribution in [0, 0.1) is 5.92 Å². The molecule has 1 aliphatic heterocycles. The maximum atomic E-state index is 11.0. The fourth-order valence-electron chi connectivity index (χ4n) is 3.31. The molecule has 2 atom stereocenters. The minimum absolute atomic E-state index is 0.145. The van der Waals surface area contributed by atoms with Gasteiger partial charge in [-0.05, 0) is 36.3 Å². The molecule has 0 spiro atoms. The molecule has 0 radical (unpaired) electrons. The minimum atomic E-state index is -0.526. The first-order chi connectivity index (χ1) is 8.25. The number of benzene rings is 1. The lowest BCUT2D eigenvalue weighted by Gasteiger charge is -2.35. The first-order valence-electron chi connectivity index (χ1n) is 6.79. The zero-order valence-electron chi connectivity index (χ0n) is 10.4. The van der Waals surface area contributed by atoms with Crippen LogP contribution in [-0.4, -0.2) is 10.7 Å². The van der Waals surface area contributed by atoms with Crippen molar-refractivity contribution < 1.29 is 5.11 Å². The highest BCUT2D eigenvalue weighted by atomic mass is 16.3. The summed E-state index contributed by atoms with van der Waals surface area (Å²) >= 11 is 0. The van der Waals surface area contributed by atoms with E-state index in [4.69, 9.17) is 0 Å². The Morgan fingerprint density at radius 2 is 2.12 bits per heavy atom. The van der Waals surface area contributed by atoms with Gasteiger partial charge in [-0.3, -0.25) is 0 Å². The van der Waals surface area contributed by atoms with Crippen LogP contribution in [0.3, 0.4) is 0 Å². The fraction of sp³-hybridized carbons (Fsp3) is 0.600. The molecule has 2 unspecified atom stereocenters. The van der Waals surface area contributed by atoms with Gasteiger partial charge in [-0.2, -0.15) is 0 Å². The molecule has 3 rings (SSSR count). The van der Waals surface area contributed by atoms with Crippen LogP contribution < -0.4 is 5.32 Å². The molecule has 1 aliphatic carbocycles. The normalized spacial score (nSPS) is 26.6. The van der Waals surface area contributed by atoms with Crippen LogP contribution in [0.2, 0.25) is 0 Å². The Balaban J connectivity index is 1.93. The van der Waals surface area contributed by atoms with Crippen molar-refractivity contribution in [2.24, 2.45) is 5.92 Å². The minimum Gasteiger partial charge on any atom is -0.388 e. The quantitative estimate of drug-likeness (QED) is 0.835. The molecule has 2 N–H and O–H groups in total. The van der Waals surface area contributed by atoms with E-state index in [0.29, 0.717) is 5.92 Å². The van der Waals surface area contributed by atoms with Crippen molar-refractivity contribution in [1.29, 1.82) is 0 Å². The van der Waals surface area contributed by atoms with Gasteiger partial charge in [0.2, 0.25) is 0 Å². The Labute approximate surface area is 103 Å². The van der Waals surface area contributed by atoms with Crippen molar-refractivity contribution in [1.82, 2.24) is 5.32 Å². The molecular weight excluding hydrogens is 210 g/mol. The third-order valence-corrected chi connectivity index (χ3v) is 4.30. The van der Waals surface area contributed by atoms with Gasteiger partial charge in [0.05, 0.1) is 11.6 Å². The number of aliphatic hydroxyl groups is 1. The summed E-state index contributed by atoms with van der Waals surface area (Å²) in [6.07, 6.45) is 4.34. The van der Waals surface area contributed by atoms with Gasteiger partial charge in [0.15, 0.2) is 0 Å². The predicted molar refractivity (Wildman–Crippen MR) is 68.6 cm³/mol. The van der Waals surface area contributed by atoms with Gasteiger partial charge >= 0.3 is 0 Å². The standard InChI is InChI=1S/C15H21NO/c1-2-9-15(17,12-7-8-12)14-13-6-4-3-5-11(13)10-16-14/h3-6,12,14,16-17H,2,7-10H2,1H3. The third-order valence-electron chi connectivity index (χ3n) is 4.30. The van der Waals surface area contributed by atoms with Crippen LogP contribution in [0.5, 0.6) is 0 Å². The van der Waals surface area contributed by atoms with E-state index in [1.54, 1.807) is 0 Å². The number of nitrogens with one attached hydrogen (secondary N) is 1. The van der Waals surface area contributed by atoms with Gasteiger partial charge < -0.3 is 10.4 Å². The van der Waals surface area contributed by atoms with Crippen molar-refractivity contribution in [3.63, 3.8) is 0 Å². The summed E-state index contributed by atoms with van der Waals surface area (Å²) < 4.78 is 0. The van der Waals surface area contributed by atoms with E-state index in [-0.39, 0.29) is 6.04 Å². The van der Waals surface area contributed by atoms with Gasteiger partial charge in [-0.1, -0.05) is 37.6 Å². The molecular formula is C15H21NO. The predicted octanol–water partition coefficient (Wildman–Crippen LogP) is 2.77. The van der Waals surface area contributed by atoms with E-state index in [0.717, 1.165) is 19.4 Å². The Kier molecular flexibility index (Phi) is 2.72. The maximum absolute atomic E-state index is 11.0. The Hall–Kier alpha value is -0.860. The third kappa shape index (κ3) is 1.80. The van der Waals surface area contributed by atoms with Crippen LogP contribution in [0.1, 0.15) is 49.8 Å². The molecule has 2 nitrogen and oxygen atoms in total. The van der Waals surface area contributed by atoms with E-state index in [2.05, 4.69) is 36.5 Å². The molecule has 2 heteroatoms. The van der Waals surface area contributed by atoms with Crippen LogP contribution in [0.15, 0.2) is 24.3 Å². The molecule has 0 aromatic heterocycles. The van der Waals surface area contributed by atoms with Crippen LogP contribution >= 0.6 is 0 Å². The van der Waals surface area contributed by atoms with Crippen molar-refractivity contribution in [3.8, 4) is 0 Å². The van der Waals surface area contributed by atoms with Crippen molar-refractivity contribution in [3.05, 3.63) is 35.4 Å². The van der Waals surface area contributed by atoms with E-state index in [1.807, 2.05) is 0 Å². The second-order valence-corrected chi connectivity index (χ2v) is 5.53. The average Bonchev–Trinajstić information content (AvgIpc) is 3.09. The Morgan fingerprint density at radius 1 is 1.35 bits per heavy atom. The highest BCUT2D eigenvalue weighted by molar-refractivity contribution is 5.36. The molecule has 2 aliphatic rings. The van der Waals surface area contributed by atoms with Gasteiger partial charge in [0, 0.05) is 6.54 Å². The van der Waals surface area contributed by atoms with E-state index in [9.17, 15) is 5.11 Å². The maximum Gasteiger partial charge on any atom is 0.0869 e. The van der Waals surface area contributed by atoms with Crippen LogP contribution in [-0.2, 0) is 6.54 Å². The van der Waals surface area contributed by atoms with Gasteiger partial charge in [-0.15, -0.1) is 0 Å². The second kappa shape index (κ2) is 4.11. The molecule has 0 bridgehead atoms. The molecule has 1 fully saturated rings. The van der Waals surface area contributed by atoms with Crippen LogP contribution in [0.4, 0.5) is 0 Å². The van der Waals surface area contributed by atoms with Crippen molar-refractivity contribution in [2.75, 3.05) is 0 Å². The lowest BCUT2D eigenvalue weighted by Crippen LogP contribution is -2.43. The van der Waals surface area contributed by atoms with E-state index >= 15 is 0 Å². The molecule has 1 heterocycles. The van der Waals surface area contributed by atoms with Crippen LogP contribution in [0.25, 0.3) is 0 Å². The first-order valence-corrected chi connectivity index (χ1v) is 6.79. The molecule has 0 amide bonds. The van der Waals surface area contributed by atoms with E-state index < -0.39 is 5.60 Å². The molecule has 1 aromatic rings. The largest absolute Gasteiger partial charge is 0.388 e. The molecule has 92 valence electrons. The summed E-state index contributed by atoms with van der Waals surface area (Å²) in [5.41, 5.74) is 2.14. The van der Waals surface area contributed by atoms with Crippen molar-refractivity contribution in [2.45, 2.75) is 50.8 Å². The summed E-state index contributed by atoms with van der Waals surface area (Å²) in [5.74, 6) is 0.506. The number of hydrogen-bond acceptors (Lipinski definition) is 2. The molecule has 1 aromatic carbocycles. The number of fused-ring (bicyclic) bond motifs is 1. The summed E-state index contributed by atoms with van der Waals surface area (Å²) in [6, 6.07) is 8.65. The summed E-state index contributed by atoms with van der Waals surface area (Å²) in [4.78, 5) is 0. The molecule has 0 saturated heterocycles. The lowest BCUT2D eigenvalue weighted by molar-refractivity contribution is -0.0261. The molecule has 1 saturated carbocycles. The van der Waals surface area contributed by atoms with Crippen molar-refractivity contribution >= 4 is 0 Å². The first kappa shape index (κ1) is 11.2. The zero-order chi connectivity index (χ0) is 11.9. The topological polar surface area (TPSA) is 32.3 Å². The fourth-order valence-corrected chi connectivity index (χ4v) is 3.31. The van der Waals surface area contributed by atoms with Gasteiger partial charge in [-0.25, -0.2) is 0 Å². The SMILES string of the molecule is CCCC(O)(C1CC1)C1NCc2ccccc21. The second-order valence-electron chi connectivity index (χ2n) is 5.53. The summed E-state index contributed by atoms with van der Waals surface area (Å²) in [6.45, 7) is 3.06. The van der Waals surface area contributed by atoms with Gasteiger partial charge in [0.1, 0.15) is 0 Å². The summed E-state index contributed by atoms with van der Waals surface area (Å²) in [7, 11) is 0.